The molecule has 1 saturated carbocycles. The number of hydrogen-bond donors (Lipinski definition) is 3. The first-order valence-electron chi connectivity index (χ1n) is 7.20. The lowest BCUT2D eigenvalue weighted by atomic mass is 9.82. The number of aliphatic hydroxyl groups is 2. The Kier molecular flexibility index (Phi) is 7.15. The zero-order chi connectivity index (χ0) is 13.4. The molecule has 0 aromatic heterocycles. The van der Waals surface area contributed by atoms with Crippen LogP contribution in [0.4, 0.5) is 0 Å². The summed E-state index contributed by atoms with van der Waals surface area (Å²) in [6.07, 6.45) is 5.09. The number of ether oxygens (including phenoxy) is 1. The van der Waals surface area contributed by atoms with Crippen LogP contribution in [0, 0.1) is 5.92 Å². The Hall–Kier alpha value is -0.160. The van der Waals surface area contributed by atoms with Crippen molar-refractivity contribution in [2.24, 2.45) is 5.92 Å². The second-order valence-corrected chi connectivity index (χ2v) is 5.97. The van der Waals surface area contributed by atoms with Crippen LogP contribution in [0.2, 0.25) is 0 Å². The number of β-amino-alcohol motifs (C(OH)–C–C–N with tert-alkyl or cyclic N) is 1. The summed E-state index contributed by atoms with van der Waals surface area (Å²) in [6, 6.07) is 0. The van der Waals surface area contributed by atoms with E-state index >= 15 is 0 Å². The Morgan fingerprint density at radius 1 is 1.17 bits per heavy atom. The molecule has 108 valence electrons. The first kappa shape index (κ1) is 15.9. The molecule has 0 spiro atoms. The molecule has 1 rings (SSSR count). The highest BCUT2D eigenvalue weighted by molar-refractivity contribution is 4.90. The van der Waals surface area contributed by atoms with Crippen molar-refractivity contribution < 1.29 is 14.9 Å². The van der Waals surface area contributed by atoms with Gasteiger partial charge in [-0.1, -0.05) is 33.1 Å². The molecule has 1 atom stereocenters. The van der Waals surface area contributed by atoms with Crippen molar-refractivity contribution in [3.8, 4) is 0 Å². The van der Waals surface area contributed by atoms with Gasteiger partial charge in [0.1, 0.15) is 0 Å². The van der Waals surface area contributed by atoms with Gasteiger partial charge in [-0.05, 0) is 18.8 Å². The molecule has 18 heavy (non-hydrogen) atoms. The minimum absolute atomic E-state index is 0.159. The molecule has 0 aromatic carbocycles. The van der Waals surface area contributed by atoms with Crippen LogP contribution in [0.15, 0.2) is 0 Å². The van der Waals surface area contributed by atoms with Crippen LogP contribution in [0.25, 0.3) is 0 Å². The first-order valence-corrected chi connectivity index (χ1v) is 7.20. The van der Waals surface area contributed by atoms with Crippen molar-refractivity contribution in [2.75, 3.05) is 26.4 Å². The smallest absolute Gasteiger partial charge is 0.0897 e. The zero-order valence-corrected chi connectivity index (χ0v) is 11.8. The number of aliphatic hydroxyl groups excluding tert-OH is 2. The lowest BCUT2D eigenvalue weighted by Crippen LogP contribution is -2.52. The van der Waals surface area contributed by atoms with E-state index in [-0.39, 0.29) is 12.1 Å². The van der Waals surface area contributed by atoms with Gasteiger partial charge in [-0.25, -0.2) is 0 Å². The average Bonchev–Trinajstić information content (AvgIpc) is 2.37. The summed E-state index contributed by atoms with van der Waals surface area (Å²) in [6.45, 7) is 5.89. The van der Waals surface area contributed by atoms with E-state index in [9.17, 15) is 10.2 Å². The van der Waals surface area contributed by atoms with E-state index in [1.807, 2.05) is 0 Å². The Morgan fingerprint density at radius 2 is 1.83 bits per heavy atom. The monoisotopic (exact) mass is 259 g/mol. The van der Waals surface area contributed by atoms with Gasteiger partial charge in [-0.3, -0.25) is 0 Å². The van der Waals surface area contributed by atoms with Crippen LogP contribution in [0.3, 0.4) is 0 Å². The summed E-state index contributed by atoms with van der Waals surface area (Å²) >= 11 is 0. The highest BCUT2D eigenvalue weighted by atomic mass is 16.5. The molecule has 0 saturated heterocycles. The Balaban J connectivity index is 2.20. The Morgan fingerprint density at radius 3 is 2.39 bits per heavy atom. The van der Waals surface area contributed by atoms with Crippen LogP contribution in [0.1, 0.15) is 46.0 Å². The lowest BCUT2D eigenvalue weighted by molar-refractivity contribution is 0.0166. The number of hydrogen-bond acceptors (Lipinski definition) is 4. The molecular weight excluding hydrogens is 230 g/mol. The Labute approximate surface area is 111 Å². The van der Waals surface area contributed by atoms with Gasteiger partial charge >= 0.3 is 0 Å². The standard InChI is InChI=1S/C14H29NO3/c1-12(2)9-18-10-13(17)8-15-14(11-16)6-4-3-5-7-14/h12-13,15-17H,3-11H2,1-2H3. The van der Waals surface area contributed by atoms with E-state index in [0.717, 1.165) is 25.7 Å². The summed E-state index contributed by atoms with van der Waals surface area (Å²) in [5.74, 6) is 0.493. The molecule has 4 nitrogen and oxygen atoms in total. The second-order valence-electron chi connectivity index (χ2n) is 5.97. The van der Waals surface area contributed by atoms with Crippen molar-refractivity contribution in [2.45, 2.75) is 57.6 Å². The predicted molar refractivity (Wildman–Crippen MR) is 72.6 cm³/mol. The van der Waals surface area contributed by atoms with Crippen molar-refractivity contribution >= 4 is 0 Å². The average molecular weight is 259 g/mol. The van der Waals surface area contributed by atoms with Gasteiger partial charge in [0.05, 0.1) is 19.3 Å². The molecule has 0 heterocycles. The Bertz CT molecular complexity index is 215. The van der Waals surface area contributed by atoms with E-state index in [2.05, 4.69) is 19.2 Å². The van der Waals surface area contributed by atoms with Crippen LogP contribution in [-0.4, -0.2) is 48.2 Å². The quantitative estimate of drug-likeness (QED) is 0.615. The van der Waals surface area contributed by atoms with E-state index in [1.54, 1.807) is 0 Å². The topological polar surface area (TPSA) is 61.7 Å². The van der Waals surface area contributed by atoms with Crippen molar-refractivity contribution in [1.29, 1.82) is 0 Å². The van der Waals surface area contributed by atoms with E-state index in [1.165, 1.54) is 6.42 Å². The van der Waals surface area contributed by atoms with Crippen LogP contribution in [-0.2, 0) is 4.74 Å². The summed E-state index contributed by atoms with van der Waals surface area (Å²) in [7, 11) is 0. The summed E-state index contributed by atoms with van der Waals surface area (Å²) in [4.78, 5) is 0. The minimum atomic E-state index is -0.492. The number of rotatable bonds is 8. The highest BCUT2D eigenvalue weighted by Crippen LogP contribution is 2.27. The first-order chi connectivity index (χ1) is 8.58. The highest BCUT2D eigenvalue weighted by Gasteiger charge is 2.31. The summed E-state index contributed by atoms with van der Waals surface area (Å²) in [5.41, 5.74) is -0.169. The third kappa shape index (κ3) is 5.65. The van der Waals surface area contributed by atoms with Crippen molar-refractivity contribution in [3.63, 3.8) is 0 Å². The fourth-order valence-electron chi connectivity index (χ4n) is 2.45. The summed E-state index contributed by atoms with van der Waals surface area (Å²) < 4.78 is 5.41. The third-order valence-electron chi connectivity index (χ3n) is 3.59. The minimum Gasteiger partial charge on any atom is -0.394 e. The van der Waals surface area contributed by atoms with Gasteiger partial charge in [0.15, 0.2) is 0 Å². The molecule has 3 N–H and O–H groups in total. The van der Waals surface area contributed by atoms with Gasteiger partial charge in [-0.2, -0.15) is 0 Å². The van der Waals surface area contributed by atoms with Gasteiger partial charge in [0, 0.05) is 18.7 Å². The molecule has 0 amide bonds. The molecule has 1 unspecified atom stereocenters. The maximum absolute atomic E-state index is 9.83. The third-order valence-corrected chi connectivity index (χ3v) is 3.59. The molecule has 0 aliphatic heterocycles. The lowest BCUT2D eigenvalue weighted by Gasteiger charge is -2.37. The zero-order valence-electron chi connectivity index (χ0n) is 11.8. The van der Waals surface area contributed by atoms with Crippen LogP contribution >= 0.6 is 0 Å². The summed E-state index contributed by atoms with van der Waals surface area (Å²) in [5, 5.41) is 22.7. The van der Waals surface area contributed by atoms with Gasteiger partial charge in [0.2, 0.25) is 0 Å². The maximum atomic E-state index is 9.83. The van der Waals surface area contributed by atoms with Crippen molar-refractivity contribution in [1.82, 2.24) is 5.32 Å². The van der Waals surface area contributed by atoms with E-state index in [0.29, 0.717) is 25.7 Å². The second kappa shape index (κ2) is 8.10. The molecule has 0 radical (unpaired) electrons. The SMILES string of the molecule is CC(C)COCC(O)CNC1(CO)CCCCC1. The van der Waals surface area contributed by atoms with Gasteiger partial charge in [0.25, 0.3) is 0 Å². The molecular formula is C14H29NO3. The van der Waals surface area contributed by atoms with Crippen LogP contribution in [0.5, 0.6) is 0 Å². The molecule has 4 heteroatoms. The molecule has 0 aromatic rings. The fraction of sp³-hybridized carbons (Fsp3) is 1.00. The van der Waals surface area contributed by atoms with E-state index in [4.69, 9.17) is 4.74 Å². The molecule has 1 fully saturated rings. The number of nitrogens with one attached hydrogen (secondary N) is 1. The van der Waals surface area contributed by atoms with E-state index < -0.39 is 6.10 Å². The van der Waals surface area contributed by atoms with Gasteiger partial charge < -0.3 is 20.3 Å². The fourth-order valence-corrected chi connectivity index (χ4v) is 2.45. The molecule has 1 aliphatic carbocycles. The predicted octanol–water partition coefficient (Wildman–Crippen LogP) is 1.30. The normalized spacial score (nSPS) is 21.2. The van der Waals surface area contributed by atoms with Crippen molar-refractivity contribution in [3.05, 3.63) is 0 Å². The van der Waals surface area contributed by atoms with Gasteiger partial charge in [-0.15, -0.1) is 0 Å². The molecule has 1 aliphatic rings. The largest absolute Gasteiger partial charge is 0.394 e. The maximum Gasteiger partial charge on any atom is 0.0897 e. The van der Waals surface area contributed by atoms with Crippen LogP contribution < -0.4 is 5.32 Å². The molecule has 0 bridgehead atoms.